The van der Waals surface area contributed by atoms with Crippen molar-refractivity contribution in [2.75, 3.05) is 36.5 Å². The monoisotopic (exact) mass is 421 g/mol. The Morgan fingerprint density at radius 1 is 1.18 bits per heavy atom. The van der Waals surface area contributed by atoms with Gasteiger partial charge in [-0.1, -0.05) is 29.8 Å². The first-order chi connectivity index (χ1) is 13.2. The lowest BCUT2D eigenvalue weighted by Gasteiger charge is -2.30. The molecule has 0 saturated carbocycles. The largest absolute Gasteiger partial charge is 0.324 e. The number of benzene rings is 2. The van der Waals surface area contributed by atoms with Gasteiger partial charge in [-0.2, -0.15) is 0 Å². The highest BCUT2D eigenvalue weighted by atomic mass is 35.5. The van der Waals surface area contributed by atoms with Gasteiger partial charge in [-0.25, -0.2) is 8.42 Å². The quantitative estimate of drug-likeness (QED) is 0.804. The summed E-state index contributed by atoms with van der Waals surface area (Å²) in [5.41, 5.74) is 3.00. The third-order valence-electron chi connectivity index (χ3n) is 4.78. The molecule has 0 aromatic heterocycles. The van der Waals surface area contributed by atoms with Gasteiger partial charge in [-0.05, 0) is 62.3 Å². The highest BCUT2D eigenvalue weighted by Gasteiger charge is 2.26. The zero-order chi connectivity index (χ0) is 20.5. The maximum absolute atomic E-state index is 13.0. The molecule has 1 aliphatic rings. The SMILES string of the molecule is CN(C)[C@H](C(=O)Nc1ccc2c(c1)N(S(C)(=O)=O)CCC2)c1ccc(Cl)cc1. The third-order valence-corrected chi connectivity index (χ3v) is 6.21. The van der Waals surface area contributed by atoms with Gasteiger partial charge in [-0.15, -0.1) is 0 Å². The lowest BCUT2D eigenvalue weighted by Crippen LogP contribution is -2.35. The topological polar surface area (TPSA) is 69.7 Å². The van der Waals surface area contributed by atoms with E-state index >= 15 is 0 Å². The zero-order valence-electron chi connectivity index (χ0n) is 16.1. The Bertz CT molecular complexity index is 975. The summed E-state index contributed by atoms with van der Waals surface area (Å²) in [6.07, 6.45) is 2.81. The second-order valence-corrected chi connectivity index (χ2v) is 9.53. The van der Waals surface area contributed by atoms with Crippen LogP contribution in [-0.2, 0) is 21.2 Å². The molecule has 6 nitrogen and oxygen atoms in total. The zero-order valence-corrected chi connectivity index (χ0v) is 17.7. The first-order valence-electron chi connectivity index (χ1n) is 9.00. The van der Waals surface area contributed by atoms with Crippen molar-refractivity contribution in [3.05, 3.63) is 58.6 Å². The van der Waals surface area contributed by atoms with Gasteiger partial charge in [0.1, 0.15) is 6.04 Å². The Hall–Kier alpha value is -2.09. The van der Waals surface area contributed by atoms with Crippen molar-refractivity contribution >= 4 is 38.9 Å². The van der Waals surface area contributed by atoms with Gasteiger partial charge in [0.15, 0.2) is 0 Å². The Morgan fingerprint density at radius 2 is 1.86 bits per heavy atom. The van der Waals surface area contributed by atoms with E-state index in [9.17, 15) is 13.2 Å². The number of likely N-dealkylation sites (N-methyl/N-ethyl adjacent to an activating group) is 1. The summed E-state index contributed by atoms with van der Waals surface area (Å²) in [6.45, 7) is 0.453. The van der Waals surface area contributed by atoms with E-state index in [1.807, 2.05) is 43.3 Å². The van der Waals surface area contributed by atoms with Gasteiger partial charge in [0.2, 0.25) is 15.9 Å². The fraction of sp³-hybridized carbons (Fsp3) is 0.350. The van der Waals surface area contributed by atoms with Crippen LogP contribution >= 0.6 is 11.6 Å². The van der Waals surface area contributed by atoms with Crippen LogP contribution in [0.15, 0.2) is 42.5 Å². The van der Waals surface area contributed by atoms with E-state index < -0.39 is 16.1 Å². The Kier molecular flexibility index (Phi) is 5.98. The Labute approximate surface area is 171 Å². The second kappa shape index (κ2) is 8.11. The van der Waals surface area contributed by atoms with Crippen LogP contribution < -0.4 is 9.62 Å². The van der Waals surface area contributed by atoms with Crippen molar-refractivity contribution in [2.45, 2.75) is 18.9 Å². The molecule has 1 heterocycles. The minimum Gasteiger partial charge on any atom is -0.324 e. The smallest absolute Gasteiger partial charge is 0.246 e. The number of carbonyl (C=O) groups is 1. The number of fused-ring (bicyclic) bond motifs is 1. The average molecular weight is 422 g/mol. The van der Waals surface area contributed by atoms with E-state index in [0.717, 1.165) is 24.0 Å². The fourth-order valence-electron chi connectivity index (χ4n) is 3.50. The number of carbonyl (C=O) groups excluding carboxylic acids is 1. The lowest BCUT2D eigenvalue weighted by molar-refractivity contribution is -0.120. The fourth-order valence-corrected chi connectivity index (χ4v) is 4.62. The van der Waals surface area contributed by atoms with Gasteiger partial charge in [0.05, 0.1) is 11.9 Å². The molecular formula is C20H24ClN3O3S. The highest BCUT2D eigenvalue weighted by molar-refractivity contribution is 7.92. The predicted molar refractivity (Wildman–Crippen MR) is 113 cm³/mol. The number of halogens is 1. The van der Waals surface area contributed by atoms with E-state index in [-0.39, 0.29) is 5.91 Å². The molecule has 2 aromatic rings. The molecule has 8 heteroatoms. The number of nitrogens with zero attached hydrogens (tertiary/aromatic N) is 2. The van der Waals surface area contributed by atoms with Crippen molar-refractivity contribution in [3.63, 3.8) is 0 Å². The molecule has 0 radical (unpaired) electrons. The second-order valence-electron chi connectivity index (χ2n) is 7.19. The number of aryl methyl sites for hydroxylation is 1. The maximum atomic E-state index is 13.0. The van der Waals surface area contributed by atoms with Gasteiger partial charge in [-0.3, -0.25) is 14.0 Å². The molecule has 0 bridgehead atoms. The van der Waals surface area contributed by atoms with Gasteiger partial charge in [0, 0.05) is 17.3 Å². The van der Waals surface area contributed by atoms with E-state index in [2.05, 4.69) is 5.32 Å². The molecule has 1 atom stereocenters. The molecule has 3 rings (SSSR count). The first kappa shape index (κ1) is 20.6. The molecule has 1 N–H and O–H groups in total. The van der Waals surface area contributed by atoms with E-state index in [4.69, 9.17) is 11.6 Å². The van der Waals surface area contributed by atoms with E-state index in [1.165, 1.54) is 10.6 Å². The van der Waals surface area contributed by atoms with Gasteiger partial charge >= 0.3 is 0 Å². The van der Waals surface area contributed by atoms with Crippen LogP contribution in [0.4, 0.5) is 11.4 Å². The molecule has 0 saturated heterocycles. The molecule has 0 fully saturated rings. The van der Waals surface area contributed by atoms with Crippen LogP contribution in [-0.4, -0.2) is 46.1 Å². The summed E-state index contributed by atoms with van der Waals surface area (Å²) >= 11 is 5.96. The maximum Gasteiger partial charge on any atom is 0.246 e. The van der Waals surface area contributed by atoms with Crippen molar-refractivity contribution < 1.29 is 13.2 Å². The third kappa shape index (κ3) is 4.48. The van der Waals surface area contributed by atoms with E-state index in [1.54, 1.807) is 18.2 Å². The number of hydrogen-bond donors (Lipinski definition) is 1. The summed E-state index contributed by atoms with van der Waals surface area (Å²) in [5, 5.41) is 3.53. The first-order valence-corrected chi connectivity index (χ1v) is 11.2. The summed E-state index contributed by atoms with van der Waals surface area (Å²) in [4.78, 5) is 14.8. The van der Waals surface area contributed by atoms with Crippen molar-refractivity contribution in [1.29, 1.82) is 0 Å². The minimum atomic E-state index is -3.36. The van der Waals surface area contributed by atoms with Crippen LogP contribution in [0.3, 0.4) is 0 Å². The molecule has 28 heavy (non-hydrogen) atoms. The molecule has 2 aromatic carbocycles. The number of nitrogens with one attached hydrogen (secondary N) is 1. The average Bonchev–Trinajstić information content (AvgIpc) is 2.62. The normalized spacial score (nSPS) is 15.2. The number of anilines is 2. The molecule has 1 aliphatic heterocycles. The summed E-state index contributed by atoms with van der Waals surface area (Å²) in [7, 11) is 0.299. The van der Waals surface area contributed by atoms with Crippen LogP contribution in [0.2, 0.25) is 5.02 Å². The van der Waals surface area contributed by atoms with Crippen molar-refractivity contribution in [3.8, 4) is 0 Å². The lowest BCUT2D eigenvalue weighted by atomic mass is 10.0. The van der Waals surface area contributed by atoms with Crippen LogP contribution in [0.5, 0.6) is 0 Å². The molecule has 0 aliphatic carbocycles. The van der Waals surface area contributed by atoms with Gasteiger partial charge in [0.25, 0.3) is 0 Å². The Balaban J connectivity index is 1.88. The summed E-state index contributed by atoms with van der Waals surface area (Å²) in [5.74, 6) is -0.200. The summed E-state index contributed by atoms with van der Waals surface area (Å²) < 4.78 is 25.6. The number of rotatable bonds is 5. The molecule has 0 unspecified atom stereocenters. The van der Waals surface area contributed by atoms with Crippen molar-refractivity contribution in [1.82, 2.24) is 4.90 Å². The van der Waals surface area contributed by atoms with Gasteiger partial charge < -0.3 is 5.32 Å². The van der Waals surface area contributed by atoms with Crippen LogP contribution in [0.25, 0.3) is 0 Å². The van der Waals surface area contributed by atoms with Crippen LogP contribution in [0.1, 0.15) is 23.6 Å². The predicted octanol–water partition coefficient (Wildman–Crippen LogP) is 3.29. The van der Waals surface area contributed by atoms with E-state index in [0.29, 0.717) is 22.9 Å². The van der Waals surface area contributed by atoms with Crippen molar-refractivity contribution in [2.24, 2.45) is 0 Å². The summed E-state index contributed by atoms with van der Waals surface area (Å²) in [6, 6.07) is 12.1. The van der Waals surface area contributed by atoms with Crippen LogP contribution in [0, 0.1) is 0 Å². The standard InChI is InChI=1S/C20H24ClN3O3S/c1-23(2)19(15-6-9-16(21)10-7-15)20(25)22-17-11-8-14-5-4-12-24(18(14)13-17)28(3,26)27/h6-11,13,19H,4-5,12H2,1-3H3,(H,22,25)/t19-/m0/s1. The number of amides is 1. The molecule has 0 spiro atoms. The highest BCUT2D eigenvalue weighted by Crippen LogP contribution is 2.32. The molecule has 150 valence electrons. The molecule has 1 amide bonds. The minimum absolute atomic E-state index is 0.200. The molecular weight excluding hydrogens is 398 g/mol. The number of hydrogen-bond acceptors (Lipinski definition) is 4. The Morgan fingerprint density at radius 3 is 2.46 bits per heavy atom. The number of sulfonamides is 1.